The minimum Gasteiger partial charge on any atom is -0.493 e. The van der Waals surface area contributed by atoms with Crippen LogP contribution in [-0.2, 0) is 0 Å². The molecule has 15 heavy (non-hydrogen) atoms. The Morgan fingerprint density at radius 2 is 2.27 bits per heavy atom. The van der Waals surface area contributed by atoms with E-state index in [4.69, 9.17) is 4.74 Å². The molecule has 1 aliphatic rings. The number of fused-ring (bicyclic) bond motifs is 1. The average Bonchev–Trinajstić information content (AvgIpc) is 2.99. The second-order valence-corrected chi connectivity index (χ2v) is 4.15. The maximum Gasteiger partial charge on any atom is 0.128 e. The lowest BCUT2D eigenvalue weighted by Crippen LogP contribution is -1.90. The summed E-state index contributed by atoms with van der Waals surface area (Å²) in [6.07, 6.45) is 2.66. The third-order valence-corrected chi connectivity index (χ3v) is 2.96. The lowest BCUT2D eigenvalue weighted by molar-refractivity contribution is 0.344. The summed E-state index contributed by atoms with van der Waals surface area (Å²) in [6.45, 7) is 2.75. The highest BCUT2D eigenvalue weighted by molar-refractivity contribution is 5.86. The molecule has 0 atom stereocenters. The Kier molecular flexibility index (Phi) is 1.94. The molecule has 0 saturated heterocycles. The number of H-pyrrole nitrogens is 1. The number of benzene rings is 1. The summed E-state index contributed by atoms with van der Waals surface area (Å²) in [5, 5.41) is 1.22. The molecule has 0 aliphatic heterocycles. The van der Waals surface area contributed by atoms with Crippen molar-refractivity contribution < 1.29 is 4.74 Å². The fourth-order valence-corrected chi connectivity index (χ4v) is 2.04. The van der Waals surface area contributed by atoms with Gasteiger partial charge in [0.1, 0.15) is 5.75 Å². The molecule has 2 heteroatoms. The van der Waals surface area contributed by atoms with Crippen molar-refractivity contribution in [2.45, 2.75) is 25.7 Å². The predicted octanol–water partition coefficient (Wildman–Crippen LogP) is 3.44. The van der Waals surface area contributed by atoms with Gasteiger partial charge in [0.2, 0.25) is 0 Å². The lowest BCUT2D eigenvalue weighted by atomic mass is 10.2. The monoisotopic (exact) mass is 201 g/mol. The minimum absolute atomic E-state index is 0.725. The Balaban J connectivity index is 2.11. The van der Waals surface area contributed by atoms with E-state index in [9.17, 15) is 0 Å². The van der Waals surface area contributed by atoms with Crippen LogP contribution in [0.1, 0.15) is 31.4 Å². The van der Waals surface area contributed by atoms with Gasteiger partial charge in [0, 0.05) is 16.6 Å². The maximum atomic E-state index is 5.61. The normalized spacial score (nSPS) is 15.8. The van der Waals surface area contributed by atoms with Crippen LogP contribution in [0, 0.1) is 0 Å². The number of ether oxygens (including phenoxy) is 1. The van der Waals surface area contributed by atoms with Gasteiger partial charge in [0.05, 0.1) is 6.61 Å². The summed E-state index contributed by atoms with van der Waals surface area (Å²) in [5.74, 6) is 1.77. The minimum atomic E-state index is 0.725. The van der Waals surface area contributed by atoms with Crippen molar-refractivity contribution >= 4 is 10.9 Å². The molecular formula is C13H15NO. The largest absolute Gasteiger partial charge is 0.493 e. The summed E-state index contributed by atoms with van der Waals surface area (Å²) in [5.41, 5.74) is 2.57. The molecule has 0 amide bonds. The van der Waals surface area contributed by atoms with E-state index >= 15 is 0 Å². The zero-order valence-electron chi connectivity index (χ0n) is 8.92. The van der Waals surface area contributed by atoms with Crippen molar-refractivity contribution in [3.63, 3.8) is 0 Å². The summed E-state index contributed by atoms with van der Waals surface area (Å²) in [4.78, 5) is 3.48. The van der Waals surface area contributed by atoms with Gasteiger partial charge in [-0.1, -0.05) is 6.07 Å². The third kappa shape index (κ3) is 1.50. The van der Waals surface area contributed by atoms with Gasteiger partial charge in [-0.05, 0) is 43.9 Å². The van der Waals surface area contributed by atoms with Crippen LogP contribution >= 0.6 is 0 Å². The first-order valence-corrected chi connectivity index (χ1v) is 5.63. The van der Waals surface area contributed by atoms with Crippen molar-refractivity contribution in [1.29, 1.82) is 0 Å². The molecule has 1 aromatic carbocycles. The smallest absolute Gasteiger partial charge is 0.128 e. The average molecular weight is 201 g/mol. The number of aromatic nitrogens is 1. The molecule has 3 rings (SSSR count). The number of aromatic amines is 1. The highest BCUT2D eigenvalue weighted by Crippen LogP contribution is 2.41. The van der Waals surface area contributed by atoms with Gasteiger partial charge in [0.25, 0.3) is 0 Å². The van der Waals surface area contributed by atoms with Gasteiger partial charge in [-0.15, -0.1) is 0 Å². The first kappa shape index (κ1) is 8.84. The lowest BCUT2D eigenvalue weighted by Gasteiger charge is -2.02. The Bertz CT molecular complexity index is 482. The van der Waals surface area contributed by atoms with E-state index in [1.54, 1.807) is 0 Å². The quantitative estimate of drug-likeness (QED) is 0.808. The van der Waals surface area contributed by atoms with Gasteiger partial charge in [-0.25, -0.2) is 0 Å². The fourth-order valence-electron chi connectivity index (χ4n) is 2.04. The first-order valence-electron chi connectivity index (χ1n) is 5.63. The van der Waals surface area contributed by atoms with E-state index in [1.807, 2.05) is 19.1 Å². The first-order chi connectivity index (χ1) is 7.38. The molecular weight excluding hydrogens is 186 g/mol. The number of rotatable bonds is 3. The second-order valence-electron chi connectivity index (χ2n) is 4.15. The number of hydrogen-bond acceptors (Lipinski definition) is 1. The molecule has 1 heterocycles. The van der Waals surface area contributed by atoms with Crippen LogP contribution in [0.25, 0.3) is 10.9 Å². The Labute approximate surface area is 89.3 Å². The molecule has 2 aromatic rings. The van der Waals surface area contributed by atoms with E-state index in [-0.39, 0.29) is 0 Å². The van der Waals surface area contributed by atoms with Gasteiger partial charge in [-0.2, -0.15) is 0 Å². The van der Waals surface area contributed by atoms with E-state index < -0.39 is 0 Å². The van der Waals surface area contributed by atoms with Crippen molar-refractivity contribution in [3.05, 3.63) is 30.0 Å². The highest BCUT2D eigenvalue weighted by atomic mass is 16.5. The van der Waals surface area contributed by atoms with Crippen LogP contribution in [0.3, 0.4) is 0 Å². The van der Waals surface area contributed by atoms with Crippen LogP contribution < -0.4 is 4.74 Å². The number of hydrogen-bond donors (Lipinski definition) is 1. The van der Waals surface area contributed by atoms with Crippen LogP contribution in [-0.4, -0.2) is 11.6 Å². The van der Waals surface area contributed by atoms with Gasteiger partial charge in [-0.3, -0.25) is 0 Å². The third-order valence-electron chi connectivity index (χ3n) is 2.96. The molecule has 0 bridgehead atoms. The zero-order valence-corrected chi connectivity index (χ0v) is 8.92. The van der Waals surface area contributed by atoms with Crippen LogP contribution in [0.4, 0.5) is 0 Å². The van der Waals surface area contributed by atoms with Crippen molar-refractivity contribution in [1.82, 2.24) is 4.98 Å². The van der Waals surface area contributed by atoms with Crippen molar-refractivity contribution in [3.8, 4) is 5.75 Å². The van der Waals surface area contributed by atoms with Crippen LogP contribution in [0.5, 0.6) is 5.75 Å². The molecule has 0 spiro atoms. The Hall–Kier alpha value is -1.44. The van der Waals surface area contributed by atoms with E-state index in [0.717, 1.165) is 18.3 Å². The Morgan fingerprint density at radius 3 is 3.00 bits per heavy atom. The van der Waals surface area contributed by atoms with Gasteiger partial charge in [0.15, 0.2) is 0 Å². The highest BCUT2D eigenvalue weighted by Gasteiger charge is 2.25. The summed E-state index contributed by atoms with van der Waals surface area (Å²) in [7, 11) is 0. The maximum absolute atomic E-state index is 5.61. The van der Waals surface area contributed by atoms with Crippen molar-refractivity contribution in [2.75, 3.05) is 6.61 Å². The molecule has 78 valence electrons. The zero-order chi connectivity index (χ0) is 10.3. The molecule has 1 N–H and O–H groups in total. The topological polar surface area (TPSA) is 25.0 Å². The Morgan fingerprint density at radius 1 is 1.40 bits per heavy atom. The number of nitrogens with one attached hydrogen (secondary N) is 1. The van der Waals surface area contributed by atoms with Crippen LogP contribution in [0.2, 0.25) is 0 Å². The second kappa shape index (κ2) is 3.30. The van der Waals surface area contributed by atoms with E-state index in [1.165, 1.54) is 29.4 Å². The fraction of sp³-hybridized carbons (Fsp3) is 0.385. The van der Waals surface area contributed by atoms with Crippen molar-refractivity contribution in [2.24, 2.45) is 0 Å². The molecule has 1 fully saturated rings. The van der Waals surface area contributed by atoms with E-state index in [0.29, 0.717) is 0 Å². The van der Waals surface area contributed by atoms with Gasteiger partial charge >= 0.3 is 0 Å². The summed E-state index contributed by atoms with van der Waals surface area (Å²) >= 11 is 0. The van der Waals surface area contributed by atoms with Gasteiger partial charge < -0.3 is 9.72 Å². The molecule has 1 aliphatic carbocycles. The summed E-state index contributed by atoms with van der Waals surface area (Å²) < 4.78 is 5.61. The molecule has 1 saturated carbocycles. The molecule has 0 radical (unpaired) electrons. The van der Waals surface area contributed by atoms with Crippen LogP contribution in [0.15, 0.2) is 24.3 Å². The molecule has 2 nitrogen and oxygen atoms in total. The summed E-state index contributed by atoms with van der Waals surface area (Å²) in [6, 6.07) is 8.44. The van der Waals surface area contributed by atoms with E-state index in [2.05, 4.69) is 17.1 Å². The standard InChI is InChI=1S/C13H15NO/c1-2-15-13-5-3-4-11-10(13)8-12(14-11)9-6-7-9/h3-5,8-9,14H,2,6-7H2,1H3. The predicted molar refractivity (Wildman–Crippen MR) is 61.4 cm³/mol. The molecule has 1 aromatic heterocycles. The molecule has 0 unspecified atom stereocenters. The SMILES string of the molecule is CCOc1cccc2[nH]c(C3CC3)cc12.